The Morgan fingerprint density at radius 3 is 2.47 bits per heavy atom. The zero-order chi connectivity index (χ0) is 12.3. The molecule has 0 aliphatic heterocycles. The molecule has 0 atom stereocenters. The van der Waals surface area contributed by atoms with Gasteiger partial charge in [0, 0.05) is 0 Å². The lowest BCUT2D eigenvalue weighted by molar-refractivity contribution is 0.473. The van der Waals surface area contributed by atoms with Crippen LogP contribution in [-0.4, -0.2) is 0 Å². The van der Waals surface area contributed by atoms with Gasteiger partial charge in [-0.2, -0.15) is 5.26 Å². The molecular weight excluding hydrogens is 332 g/mol. The number of hydrogen-bond acceptors (Lipinski definition) is 2. The van der Waals surface area contributed by atoms with Gasteiger partial charge in [-0.15, -0.1) is 0 Å². The molecule has 0 heterocycles. The van der Waals surface area contributed by atoms with Crippen molar-refractivity contribution in [2.45, 2.75) is 0 Å². The number of rotatable bonds is 2. The summed E-state index contributed by atoms with van der Waals surface area (Å²) in [6.07, 6.45) is 0. The fourth-order valence-electron chi connectivity index (χ4n) is 1.34. The lowest BCUT2D eigenvalue weighted by Gasteiger charge is -2.08. The van der Waals surface area contributed by atoms with Crippen molar-refractivity contribution in [3.05, 3.63) is 57.4 Å². The summed E-state index contributed by atoms with van der Waals surface area (Å²) in [7, 11) is 0. The average molecular weight is 339 g/mol. The minimum Gasteiger partial charge on any atom is -0.456 e. The van der Waals surface area contributed by atoms with E-state index >= 15 is 0 Å². The van der Waals surface area contributed by atoms with E-state index in [1.165, 1.54) is 0 Å². The molecule has 84 valence electrons. The van der Waals surface area contributed by atoms with Crippen LogP contribution < -0.4 is 4.74 Å². The number of halogens is 2. The van der Waals surface area contributed by atoms with E-state index in [-0.39, 0.29) is 11.3 Å². The first-order chi connectivity index (χ1) is 8.22. The Bertz CT molecular complexity index is 578. The molecule has 0 saturated carbocycles. The third-order valence-corrected chi connectivity index (χ3v) is 2.97. The van der Waals surface area contributed by atoms with Crippen LogP contribution in [0.2, 0.25) is 0 Å². The first kappa shape index (κ1) is 11.9. The van der Waals surface area contributed by atoms with Gasteiger partial charge in [-0.3, -0.25) is 0 Å². The molecule has 0 saturated heterocycles. The summed E-state index contributed by atoms with van der Waals surface area (Å²) in [5, 5.41) is 8.93. The minimum absolute atomic E-state index is 0.0687. The lowest BCUT2D eigenvalue weighted by atomic mass is 10.2. The molecule has 2 nitrogen and oxygen atoms in total. The maximum Gasteiger partial charge on any atom is 0.158 e. The number of hydrogen-bond donors (Lipinski definition) is 0. The van der Waals surface area contributed by atoms with Crippen LogP contribution >= 0.6 is 22.6 Å². The summed E-state index contributed by atoms with van der Waals surface area (Å²) >= 11 is 1.84. The molecule has 0 aliphatic carbocycles. The van der Waals surface area contributed by atoms with Gasteiger partial charge in [0.25, 0.3) is 0 Å². The van der Waals surface area contributed by atoms with Gasteiger partial charge >= 0.3 is 0 Å². The molecular formula is C13H7FINO. The summed E-state index contributed by atoms with van der Waals surface area (Å²) < 4.78 is 19.5. The molecule has 0 N–H and O–H groups in total. The molecule has 2 aromatic rings. The second kappa shape index (κ2) is 5.15. The molecule has 2 rings (SSSR count). The Kier molecular flexibility index (Phi) is 3.59. The highest BCUT2D eigenvalue weighted by Gasteiger charge is 2.13. The van der Waals surface area contributed by atoms with Gasteiger partial charge < -0.3 is 4.74 Å². The van der Waals surface area contributed by atoms with Crippen LogP contribution in [-0.2, 0) is 0 Å². The van der Waals surface area contributed by atoms with Crippen molar-refractivity contribution >= 4 is 22.6 Å². The van der Waals surface area contributed by atoms with Gasteiger partial charge in [0.2, 0.25) is 0 Å². The van der Waals surface area contributed by atoms with E-state index in [0.29, 0.717) is 9.32 Å². The normalized spacial score (nSPS) is 9.71. The van der Waals surface area contributed by atoms with E-state index in [9.17, 15) is 4.39 Å². The summed E-state index contributed by atoms with van der Waals surface area (Å²) in [5.74, 6) is 0.266. The first-order valence-electron chi connectivity index (χ1n) is 4.83. The van der Waals surface area contributed by atoms with Crippen LogP contribution in [0.3, 0.4) is 0 Å². The van der Waals surface area contributed by atoms with Crippen LogP contribution in [0.4, 0.5) is 4.39 Å². The van der Waals surface area contributed by atoms with E-state index in [0.717, 1.165) is 0 Å². The van der Waals surface area contributed by atoms with Crippen molar-refractivity contribution in [3.8, 4) is 17.6 Å². The van der Waals surface area contributed by atoms with Crippen molar-refractivity contribution in [1.82, 2.24) is 0 Å². The van der Waals surface area contributed by atoms with E-state index in [2.05, 4.69) is 0 Å². The maximum absolute atomic E-state index is 13.7. The number of nitriles is 1. The number of nitrogens with zero attached hydrogens (tertiary/aromatic N) is 1. The maximum atomic E-state index is 13.7. The van der Waals surface area contributed by atoms with Crippen molar-refractivity contribution in [2.24, 2.45) is 0 Å². The summed E-state index contributed by atoms with van der Waals surface area (Å²) in [6.45, 7) is 0. The SMILES string of the molecule is N#Cc1c(Oc2ccccc2)ccc(I)c1F. The van der Waals surface area contributed by atoms with Gasteiger partial charge in [0.1, 0.15) is 23.1 Å². The fraction of sp³-hybridized carbons (Fsp3) is 0. The van der Waals surface area contributed by atoms with Crippen LogP contribution in [0, 0.1) is 20.7 Å². The minimum atomic E-state index is -0.540. The van der Waals surface area contributed by atoms with Crippen molar-refractivity contribution < 1.29 is 9.13 Å². The second-order valence-electron chi connectivity index (χ2n) is 3.26. The Morgan fingerprint density at radius 2 is 1.82 bits per heavy atom. The zero-order valence-corrected chi connectivity index (χ0v) is 10.8. The second-order valence-corrected chi connectivity index (χ2v) is 4.42. The van der Waals surface area contributed by atoms with E-state index in [1.807, 2.05) is 46.9 Å². The molecule has 4 heteroatoms. The quantitative estimate of drug-likeness (QED) is 0.772. The number of benzene rings is 2. The van der Waals surface area contributed by atoms with E-state index in [1.54, 1.807) is 24.3 Å². The van der Waals surface area contributed by atoms with Crippen LogP contribution in [0.25, 0.3) is 0 Å². The largest absolute Gasteiger partial charge is 0.456 e. The van der Waals surface area contributed by atoms with Crippen LogP contribution in [0.5, 0.6) is 11.5 Å². The smallest absolute Gasteiger partial charge is 0.158 e. The highest BCUT2D eigenvalue weighted by atomic mass is 127. The molecule has 0 aliphatic rings. The zero-order valence-electron chi connectivity index (χ0n) is 8.65. The molecule has 0 bridgehead atoms. The Hall–Kier alpha value is -1.61. The van der Waals surface area contributed by atoms with Crippen LogP contribution in [0.1, 0.15) is 5.56 Å². The third kappa shape index (κ3) is 2.56. The molecule has 0 spiro atoms. The Morgan fingerprint density at radius 1 is 1.12 bits per heavy atom. The fourth-order valence-corrected chi connectivity index (χ4v) is 1.79. The predicted octanol–water partition coefficient (Wildman–Crippen LogP) is 4.09. The molecule has 0 amide bonds. The van der Waals surface area contributed by atoms with Gasteiger partial charge in [-0.25, -0.2) is 4.39 Å². The summed E-state index contributed by atoms with van der Waals surface area (Å²) in [6, 6.07) is 14.0. The first-order valence-corrected chi connectivity index (χ1v) is 5.91. The molecule has 0 radical (unpaired) electrons. The highest BCUT2D eigenvalue weighted by molar-refractivity contribution is 14.1. The number of ether oxygens (including phenoxy) is 1. The number of para-hydroxylation sites is 1. The van der Waals surface area contributed by atoms with Crippen molar-refractivity contribution in [3.63, 3.8) is 0 Å². The average Bonchev–Trinajstić information content (AvgIpc) is 2.36. The summed E-state index contributed by atoms with van der Waals surface area (Å²) in [5.41, 5.74) is -0.0687. The standard InChI is InChI=1S/C13H7FINO/c14-13-10(8-16)12(7-6-11(13)15)17-9-4-2-1-3-5-9/h1-7H. The summed E-state index contributed by atoms with van der Waals surface area (Å²) in [4.78, 5) is 0. The van der Waals surface area contributed by atoms with E-state index in [4.69, 9.17) is 10.00 Å². The van der Waals surface area contributed by atoms with Crippen molar-refractivity contribution in [1.29, 1.82) is 5.26 Å². The Labute approximate surface area is 112 Å². The van der Waals surface area contributed by atoms with Gasteiger partial charge in [-0.1, -0.05) is 18.2 Å². The molecule has 0 fully saturated rings. The Balaban J connectivity index is 2.41. The molecule has 17 heavy (non-hydrogen) atoms. The topological polar surface area (TPSA) is 33.0 Å². The van der Waals surface area contributed by atoms with Crippen LogP contribution in [0.15, 0.2) is 42.5 Å². The van der Waals surface area contributed by atoms with Gasteiger partial charge in [-0.05, 0) is 46.9 Å². The van der Waals surface area contributed by atoms with Gasteiger partial charge in [0.15, 0.2) is 5.82 Å². The molecule has 2 aromatic carbocycles. The van der Waals surface area contributed by atoms with E-state index < -0.39 is 5.82 Å². The predicted molar refractivity (Wildman–Crippen MR) is 70.3 cm³/mol. The monoisotopic (exact) mass is 339 g/mol. The molecule has 0 aromatic heterocycles. The third-order valence-electron chi connectivity index (χ3n) is 2.14. The highest BCUT2D eigenvalue weighted by Crippen LogP contribution is 2.28. The van der Waals surface area contributed by atoms with Gasteiger partial charge in [0.05, 0.1) is 3.57 Å². The molecule has 0 unspecified atom stereocenters. The lowest BCUT2D eigenvalue weighted by Crippen LogP contribution is -1.94. The van der Waals surface area contributed by atoms with Crippen molar-refractivity contribution in [2.75, 3.05) is 0 Å².